The molecular weight excluding hydrogens is 733 g/mol. The van der Waals surface area contributed by atoms with Crippen molar-refractivity contribution >= 4 is 47.2 Å². The van der Waals surface area contributed by atoms with Gasteiger partial charge in [0.1, 0.15) is 5.65 Å². The molecule has 0 spiro atoms. The van der Waals surface area contributed by atoms with E-state index in [1.807, 2.05) is 36.5 Å². The number of rotatable bonds is 17. The molecule has 1 fully saturated rings. The lowest BCUT2D eigenvalue weighted by Gasteiger charge is -2.48. The monoisotopic (exact) mass is 794 g/mol. The fourth-order valence-corrected chi connectivity index (χ4v) is 8.66. The second-order valence-corrected chi connectivity index (χ2v) is 17.4. The number of ether oxygens (including phenoxy) is 1. The Labute approximate surface area is 336 Å². The van der Waals surface area contributed by atoms with Crippen LogP contribution in [0.1, 0.15) is 92.2 Å². The van der Waals surface area contributed by atoms with Crippen molar-refractivity contribution < 1.29 is 28.3 Å². The summed E-state index contributed by atoms with van der Waals surface area (Å²) in [5.41, 5.74) is 4.13. The molecule has 0 aliphatic heterocycles. The fourth-order valence-electron chi connectivity index (χ4n) is 8.27. The highest BCUT2D eigenvalue weighted by Gasteiger charge is 2.43. The number of aromatic amines is 1. The molecule has 2 heterocycles. The Balaban J connectivity index is 1.91. The van der Waals surface area contributed by atoms with Gasteiger partial charge in [-0.3, -0.25) is 19.0 Å². The number of hydrogen-bond acceptors (Lipinski definition) is 9. The van der Waals surface area contributed by atoms with Gasteiger partial charge in [-0.05, 0) is 79.7 Å². The first-order valence-corrected chi connectivity index (χ1v) is 20.4. The number of nitrogens with one attached hydrogen (secondary N) is 3. The molecule has 308 valence electrons. The van der Waals surface area contributed by atoms with Crippen LogP contribution in [0.5, 0.6) is 5.88 Å². The Bertz CT molecular complexity index is 1840. The summed E-state index contributed by atoms with van der Waals surface area (Å²) in [6.07, 6.45) is 4.37. The van der Waals surface area contributed by atoms with Gasteiger partial charge in [-0.1, -0.05) is 59.6 Å². The highest BCUT2D eigenvalue weighted by atomic mass is 32.2. The molecule has 3 amide bonds. The van der Waals surface area contributed by atoms with Crippen LogP contribution >= 0.6 is 12.2 Å². The van der Waals surface area contributed by atoms with Crippen molar-refractivity contribution in [3.05, 3.63) is 40.7 Å². The maximum Gasteiger partial charge on any atom is 0.415 e. The molecule has 0 radical (unpaired) electrons. The smallest absolute Gasteiger partial charge is 0.402 e. The molecule has 1 aliphatic rings. The van der Waals surface area contributed by atoms with Gasteiger partial charge < -0.3 is 20.3 Å². The van der Waals surface area contributed by atoms with E-state index in [1.54, 1.807) is 4.52 Å². The number of hydrogen-bond donors (Lipinski definition) is 3. The van der Waals surface area contributed by atoms with Crippen molar-refractivity contribution in [2.45, 2.75) is 94.4 Å². The molecule has 1 aliphatic carbocycles. The number of carbonyl (C=O) groups is 3. The van der Waals surface area contributed by atoms with Gasteiger partial charge in [0.05, 0.1) is 19.4 Å². The van der Waals surface area contributed by atoms with Gasteiger partial charge in [0.15, 0.2) is 18.1 Å². The predicted molar refractivity (Wildman–Crippen MR) is 221 cm³/mol. The second-order valence-electron chi connectivity index (χ2n) is 16.6. The number of amides is 3. The summed E-state index contributed by atoms with van der Waals surface area (Å²) < 4.78 is 14.8. The van der Waals surface area contributed by atoms with Crippen LogP contribution in [0.15, 0.2) is 18.2 Å². The van der Waals surface area contributed by atoms with Gasteiger partial charge in [0.25, 0.3) is 5.69 Å². The minimum Gasteiger partial charge on any atom is -0.402 e. The lowest BCUT2D eigenvalue weighted by Crippen LogP contribution is -2.43. The van der Waals surface area contributed by atoms with Crippen LogP contribution in [0, 0.1) is 48.5 Å². The van der Waals surface area contributed by atoms with Gasteiger partial charge in [-0.25, -0.2) is 24.0 Å². The zero-order valence-corrected chi connectivity index (χ0v) is 35.9. The second kappa shape index (κ2) is 19.7. The van der Waals surface area contributed by atoms with Gasteiger partial charge in [0, 0.05) is 58.2 Å². The molecular formula is C41H62N8O6S. The molecule has 1 saturated carbocycles. The molecule has 3 N–H and O–H groups in total. The summed E-state index contributed by atoms with van der Waals surface area (Å²) >= 11 is 1.02. The van der Waals surface area contributed by atoms with E-state index in [4.69, 9.17) is 25.5 Å². The molecule has 15 heteroatoms. The lowest BCUT2D eigenvalue weighted by molar-refractivity contribution is -0.160. The number of anilines is 1. The third-order valence-electron chi connectivity index (χ3n) is 10.9. The summed E-state index contributed by atoms with van der Waals surface area (Å²) in [7, 11) is 3.30. The molecule has 4 atom stereocenters. The van der Waals surface area contributed by atoms with E-state index in [0.717, 1.165) is 60.3 Å². The van der Waals surface area contributed by atoms with Gasteiger partial charge >= 0.3 is 6.09 Å². The largest absolute Gasteiger partial charge is 0.415 e. The van der Waals surface area contributed by atoms with Crippen molar-refractivity contribution in [2.24, 2.45) is 35.0 Å². The van der Waals surface area contributed by atoms with Crippen molar-refractivity contribution in [3.63, 3.8) is 0 Å². The van der Waals surface area contributed by atoms with Crippen molar-refractivity contribution in [3.8, 4) is 17.3 Å². The van der Waals surface area contributed by atoms with E-state index in [1.165, 1.54) is 25.9 Å². The van der Waals surface area contributed by atoms with Crippen LogP contribution in [0.2, 0.25) is 0 Å². The van der Waals surface area contributed by atoms with Crippen LogP contribution < -0.4 is 19.7 Å². The first kappa shape index (κ1) is 44.5. The Hall–Kier alpha value is -4.26. The number of benzene rings is 1. The zero-order chi connectivity index (χ0) is 41.3. The molecule has 0 saturated heterocycles. The average Bonchev–Trinajstić information content (AvgIpc) is 3.67. The van der Waals surface area contributed by atoms with E-state index < -0.39 is 6.09 Å². The lowest BCUT2D eigenvalue weighted by atomic mass is 9.57. The Morgan fingerprint density at radius 1 is 1.12 bits per heavy atom. The molecule has 14 nitrogen and oxygen atoms in total. The van der Waals surface area contributed by atoms with Crippen LogP contribution in [-0.2, 0) is 25.2 Å². The van der Waals surface area contributed by atoms with Crippen LogP contribution in [0.4, 0.5) is 16.2 Å². The SMILES string of the molecule is [C-]#[N+]c1c(CC2C(CC(C)C)CC(CC)CC2C(C)(C)C)c2nc(-c3cc(C)ccc3N(C)SOOC)[nH]n2c1OC(=O)N(CCNC(C)=O)CCNC(C)=O. The highest BCUT2D eigenvalue weighted by molar-refractivity contribution is 7.95. The molecule has 2 aromatic heterocycles. The topological polar surface area (TPSA) is 147 Å². The Kier molecular flexibility index (Phi) is 15.7. The number of aryl methyl sites for hydroxylation is 1. The van der Waals surface area contributed by atoms with Gasteiger partial charge in [0.2, 0.25) is 17.7 Å². The van der Waals surface area contributed by atoms with Crippen LogP contribution in [0.3, 0.4) is 0 Å². The maximum atomic E-state index is 14.1. The Morgan fingerprint density at radius 2 is 1.79 bits per heavy atom. The maximum absolute atomic E-state index is 14.1. The Morgan fingerprint density at radius 3 is 2.34 bits per heavy atom. The van der Waals surface area contributed by atoms with Crippen molar-refractivity contribution in [2.75, 3.05) is 44.6 Å². The quantitative estimate of drug-likeness (QED) is 0.0405. The van der Waals surface area contributed by atoms with Gasteiger partial charge in [-0.2, -0.15) is 0 Å². The van der Waals surface area contributed by atoms with Crippen LogP contribution in [-0.4, -0.2) is 77.7 Å². The number of fused-ring (bicyclic) bond motifs is 1. The third-order valence-corrected chi connectivity index (χ3v) is 11.5. The van der Waals surface area contributed by atoms with E-state index in [9.17, 15) is 14.4 Å². The molecule has 0 bridgehead atoms. The normalized spacial score (nSPS) is 18.5. The van der Waals surface area contributed by atoms with E-state index in [0.29, 0.717) is 41.6 Å². The van der Waals surface area contributed by atoms with E-state index >= 15 is 0 Å². The van der Waals surface area contributed by atoms with Crippen LogP contribution in [0.25, 0.3) is 21.9 Å². The summed E-state index contributed by atoms with van der Waals surface area (Å²) in [4.78, 5) is 52.9. The summed E-state index contributed by atoms with van der Waals surface area (Å²) in [5, 5.41) is 8.84. The molecule has 3 aromatic rings. The zero-order valence-electron chi connectivity index (χ0n) is 35.1. The van der Waals surface area contributed by atoms with Gasteiger partial charge in [-0.15, -0.1) is 4.33 Å². The summed E-state index contributed by atoms with van der Waals surface area (Å²) in [5.74, 6) is 2.37. The number of aromatic nitrogens is 3. The highest BCUT2D eigenvalue weighted by Crippen LogP contribution is 2.52. The standard InChI is InChI=1S/C41H62N8O6S/c1-13-29-22-30(20-25(2)3)31(34(23-29)41(7,8)9)24-33-36(42-10)39(54-40(52)48(18-16-43-27(5)50)19-17-44-28(6)51)49-38(33)45-37(46-49)32-21-26(4)14-15-35(32)47(11)56-55-53-12/h14-15,21,25,29-31,34H,13,16-20,22-24H2,1-9,11-12H3,(H,43,50)(H,44,51)(H,45,46). The average molecular weight is 795 g/mol. The van der Waals surface area contributed by atoms with E-state index in [2.05, 4.69) is 62.1 Å². The number of H-pyrrole nitrogens is 1. The third kappa shape index (κ3) is 11.2. The number of nitrogens with zero attached hydrogens (tertiary/aromatic N) is 5. The fraction of sp³-hybridized carbons (Fsp3) is 0.634. The molecule has 56 heavy (non-hydrogen) atoms. The molecule has 4 unspecified atom stereocenters. The first-order valence-electron chi connectivity index (χ1n) is 19.7. The first-order chi connectivity index (χ1) is 26.5. The van der Waals surface area contributed by atoms with E-state index in [-0.39, 0.29) is 60.9 Å². The van der Waals surface area contributed by atoms with Crippen molar-refractivity contribution in [1.82, 2.24) is 30.1 Å². The minimum absolute atomic E-state index is 0.0300. The number of carbonyl (C=O) groups excluding carboxylic acids is 3. The summed E-state index contributed by atoms with van der Waals surface area (Å²) in [6.45, 7) is 27.8. The summed E-state index contributed by atoms with van der Waals surface area (Å²) in [6, 6.07) is 5.99. The molecule has 1 aromatic carbocycles. The molecule has 4 rings (SSSR count). The van der Waals surface area contributed by atoms with Crippen molar-refractivity contribution in [1.29, 1.82) is 0 Å². The predicted octanol–water partition coefficient (Wildman–Crippen LogP) is 8.14. The minimum atomic E-state index is -0.717.